The molecule has 2 heterocycles. The number of H-pyrrole nitrogens is 1. The maximum absolute atomic E-state index is 12.1. The summed E-state index contributed by atoms with van der Waals surface area (Å²) in [7, 11) is 0. The van der Waals surface area contributed by atoms with E-state index in [1.807, 2.05) is 6.07 Å². The van der Waals surface area contributed by atoms with E-state index in [1.54, 1.807) is 36.5 Å². The summed E-state index contributed by atoms with van der Waals surface area (Å²) in [5, 5.41) is 9.52. The number of carbonyl (C=O) groups is 2. The zero-order valence-electron chi connectivity index (χ0n) is 11.5. The van der Waals surface area contributed by atoms with Crippen molar-refractivity contribution in [3.8, 4) is 0 Å². The zero-order chi connectivity index (χ0) is 15.5. The second kappa shape index (κ2) is 5.65. The molecule has 0 saturated heterocycles. The Morgan fingerprint density at radius 1 is 1.23 bits per heavy atom. The van der Waals surface area contributed by atoms with Gasteiger partial charge in [-0.3, -0.25) is 19.7 Å². The fourth-order valence-corrected chi connectivity index (χ4v) is 2.14. The molecule has 0 aliphatic carbocycles. The Morgan fingerprint density at radius 3 is 2.91 bits per heavy atom. The Balaban J connectivity index is 1.75. The van der Waals surface area contributed by atoms with Crippen molar-refractivity contribution in [2.75, 3.05) is 5.32 Å². The molecule has 0 aliphatic rings. The molecule has 0 radical (unpaired) electrons. The van der Waals surface area contributed by atoms with Crippen LogP contribution < -0.4 is 11.1 Å². The van der Waals surface area contributed by atoms with Gasteiger partial charge in [-0.1, -0.05) is 12.1 Å². The predicted molar refractivity (Wildman–Crippen MR) is 81.2 cm³/mol. The van der Waals surface area contributed by atoms with E-state index in [1.165, 1.54) is 0 Å². The maximum Gasteiger partial charge on any atom is 0.248 e. The van der Waals surface area contributed by atoms with Crippen LogP contribution in [0, 0.1) is 0 Å². The standard InChI is InChI=1S/C15H13N5O2/c16-14(22)10-4-1-3-9(7-10)8-12(21)18-15-13-11(19-20-15)5-2-6-17-13/h1-7H,8H2,(H2,16,22)(H2,18,19,20,21). The number of anilines is 1. The first-order chi connectivity index (χ1) is 10.6. The molecule has 0 aliphatic heterocycles. The lowest BCUT2D eigenvalue weighted by molar-refractivity contribution is -0.115. The number of aromatic nitrogens is 3. The molecule has 0 bridgehead atoms. The zero-order valence-corrected chi connectivity index (χ0v) is 11.5. The van der Waals surface area contributed by atoms with E-state index in [2.05, 4.69) is 20.5 Å². The van der Waals surface area contributed by atoms with Gasteiger partial charge in [-0.15, -0.1) is 0 Å². The maximum atomic E-state index is 12.1. The van der Waals surface area contributed by atoms with Crippen LogP contribution in [0.2, 0.25) is 0 Å². The van der Waals surface area contributed by atoms with Crippen LogP contribution in [0.5, 0.6) is 0 Å². The van der Waals surface area contributed by atoms with Crippen LogP contribution in [0.3, 0.4) is 0 Å². The minimum Gasteiger partial charge on any atom is -0.366 e. The van der Waals surface area contributed by atoms with Gasteiger partial charge in [-0.05, 0) is 29.8 Å². The van der Waals surface area contributed by atoms with E-state index >= 15 is 0 Å². The van der Waals surface area contributed by atoms with Crippen molar-refractivity contribution in [1.29, 1.82) is 0 Å². The van der Waals surface area contributed by atoms with E-state index in [4.69, 9.17) is 5.73 Å². The largest absolute Gasteiger partial charge is 0.366 e. The van der Waals surface area contributed by atoms with E-state index in [9.17, 15) is 9.59 Å². The van der Waals surface area contributed by atoms with E-state index in [0.717, 1.165) is 5.52 Å². The average molecular weight is 295 g/mol. The van der Waals surface area contributed by atoms with Gasteiger partial charge in [-0.25, -0.2) is 0 Å². The average Bonchev–Trinajstić information content (AvgIpc) is 2.91. The van der Waals surface area contributed by atoms with E-state index < -0.39 is 5.91 Å². The van der Waals surface area contributed by atoms with E-state index in [0.29, 0.717) is 22.5 Å². The summed E-state index contributed by atoms with van der Waals surface area (Å²) in [6.45, 7) is 0. The minimum absolute atomic E-state index is 0.113. The van der Waals surface area contributed by atoms with Gasteiger partial charge in [0.05, 0.1) is 11.9 Å². The highest BCUT2D eigenvalue weighted by atomic mass is 16.2. The number of pyridine rings is 1. The molecule has 1 aromatic carbocycles. The van der Waals surface area contributed by atoms with Gasteiger partial charge < -0.3 is 11.1 Å². The quantitative estimate of drug-likeness (QED) is 0.671. The lowest BCUT2D eigenvalue weighted by Crippen LogP contribution is -2.16. The van der Waals surface area contributed by atoms with Crippen molar-refractivity contribution in [2.45, 2.75) is 6.42 Å². The Hall–Kier alpha value is -3.22. The minimum atomic E-state index is -0.523. The van der Waals surface area contributed by atoms with Crippen molar-refractivity contribution in [2.24, 2.45) is 5.73 Å². The van der Waals surface area contributed by atoms with Gasteiger partial charge in [0.25, 0.3) is 0 Å². The van der Waals surface area contributed by atoms with Crippen LogP contribution in [0.15, 0.2) is 42.6 Å². The molecule has 0 unspecified atom stereocenters. The number of nitrogens with zero attached hydrogens (tertiary/aromatic N) is 2. The van der Waals surface area contributed by atoms with Crippen LogP contribution in [0.25, 0.3) is 11.0 Å². The van der Waals surface area contributed by atoms with Crippen molar-refractivity contribution in [3.05, 3.63) is 53.7 Å². The number of hydrogen-bond acceptors (Lipinski definition) is 4. The molecule has 3 aromatic rings. The number of benzene rings is 1. The number of carbonyl (C=O) groups excluding carboxylic acids is 2. The Bertz CT molecular complexity index is 856. The molecule has 2 amide bonds. The molecule has 0 spiro atoms. The number of fused-ring (bicyclic) bond motifs is 1. The number of amides is 2. The number of aromatic amines is 1. The lowest BCUT2D eigenvalue weighted by atomic mass is 10.1. The second-order valence-electron chi connectivity index (χ2n) is 4.76. The highest BCUT2D eigenvalue weighted by Gasteiger charge is 2.11. The van der Waals surface area contributed by atoms with Gasteiger partial charge >= 0.3 is 0 Å². The van der Waals surface area contributed by atoms with Crippen molar-refractivity contribution < 1.29 is 9.59 Å². The molecule has 22 heavy (non-hydrogen) atoms. The summed E-state index contributed by atoms with van der Waals surface area (Å²) in [5.74, 6) is -0.392. The predicted octanol–water partition coefficient (Wildman–Crippen LogP) is 1.24. The first kappa shape index (κ1) is 13.7. The Labute approximate surface area is 125 Å². The molecule has 4 N–H and O–H groups in total. The van der Waals surface area contributed by atoms with Crippen LogP contribution in [0.1, 0.15) is 15.9 Å². The van der Waals surface area contributed by atoms with Crippen molar-refractivity contribution in [3.63, 3.8) is 0 Å². The molecule has 7 heteroatoms. The van der Waals surface area contributed by atoms with Gasteiger partial charge in [-0.2, -0.15) is 5.10 Å². The number of rotatable bonds is 4. The van der Waals surface area contributed by atoms with Crippen LogP contribution >= 0.6 is 0 Å². The molecular formula is C15H13N5O2. The number of primary amides is 1. The van der Waals surface area contributed by atoms with Gasteiger partial charge in [0.2, 0.25) is 11.8 Å². The normalized spacial score (nSPS) is 10.5. The van der Waals surface area contributed by atoms with Crippen LogP contribution in [0.4, 0.5) is 5.82 Å². The Morgan fingerprint density at radius 2 is 2.09 bits per heavy atom. The second-order valence-corrected chi connectivity index (χ2v) is 4.76. The van der Waals surface area contributed by atoms with Gasteiger partial charge in [0.1, 0.15) is 5.52 Å². The third-order valence-corrected chi connectivity index (χ3v) is 3.15. The molecule has 0 atom stereocenters. The van der Waals surface area contributed by atoms with Crippen molar-refractivity contribution >= 4 is 28.7 Å². The third-order valence-electron chi connectivity index (χ3n) is 3.15. The molecule has 3 rings (SSSR count). The van der Waals surface area contributed by atoms with Gasteiger partial charge in [0.15, 0.2) is 5.82 Å². The third kappa shape index (κ3) is 2.78. The fourth-order valence-electron chi connectivity index (χ4n) is 2.14. The topological polar surface area (TPSA) is 114 Å². The highest BCUT2D eigenvalue weighted by Crippen LogP contribution is 2.17. The van der Waals surface area contributed by atoms with Crippen LogP contribution in [-0.2, 0) is 11.2 Å². The molecule has 7 nitrogen and oxygen atoms in total. The van der Waals surface area contributed by atoms with Crippen molar-refractivity contribution in [1.82, 2.24) is 15.2 Å². The SMILES string of the molecule is NC(=O)c1cccc(CC(=O)Nc2n[nH]c3cccnc23)c1. The molecule has 0 saturated carbocycles. The monoisotopic (exact) mass is 295 g/mol. The number of hydrogen-bond donors (Lipinski definition) is 3. The summed E-state index contributed by atoms with van der Waals surface area (Å²) < 4.78 is 0. The molecule has 2 aromatic heterocycles. The number of nitrogens with one attached hydrogen (secondary N) is 2. The smallest absolute Gasteiger partial charge is 0.248 e. The molecule has 0 fully saturated rings. The highest BCUT2D eigenvalue weighted by molar-refractivity contribution is 5.99. The summed E-state index contributed by atoms with van der Waals surface area (Å²) in [5.41, 5.74) is 7.63. The first-order valence-corrected chi connectivity index (χ1v) is 6.61. The van der Waals surface area contributed by atoms with Crippen LogP contribution in [-0.4, -0.2) is 27.0 Å². The molecule has 110 valence electrons. The first-order valence-electron chi connectivity index (χ1n) is 6.61. The summed E-state index contributed by atoms with van der Waals surface area (Å²) in [4.78, 5) is 27.4. The molecular weight excluding hydrogens is 282 g/mol. The summed E-state index contributed by atoms with van der Waals surface area (Å²) in [6.07, 6.45) is 1.74. The Kier molecular flexibility index (Phi) is 3.53. The lowest BCUT2D eigenvalue weighted by Gasteiger charge is -2.04. The fraction of sp³-hybridized carbons (Fsp3) is 0.0667. The van der Waals surface area contributed by atoms with Gasteiger partial charge in [0, 0.05) is 11.8 Å². The number of nitrogens with two attached hydrogens (primary N) is 1. The summed E-state index contributed by atoms with van der Waals surface area (Å²) in [6, 6.07) is 10.3. The summed E-state index contributed by atoms with van der Waals surface area (Å²) >= 11 is 0. The van der Waals surface area contributed by atoms with E-state index in [-0.39, 0.29) is 12.3 Å².